The Kier molecular flexibility index (Phi) is 4.79. The predicted molar refractivity (Wildman–Crippen MR) is 96.9 cm³/mol. The molecule has 4 heteroatoms. The van der Waals surface area contributed by atoms with Crippen LogP contribution in [0.15, 0.2) is 59.8 Å². The van der Waals surface area contributed by atoms with Gasteiger partial charge in [-0.1, -0.05) is 47.6 Å². The number of hydrogen-bond donors (Lipinski definition) is 0. The molecular weight excluding hydrogens is 315 g/mol. The van der Waals surface area contributed by atoms with E-state index in [-0.39, 0.29) is 11.9 Å². The van der Waals surface area contributed by atoms with Crippen molar-refractivity contribution in [1.82, 2.24) is 4.90 Å². The summed E-state index contributed by atoms with van der Waals surface area (Å²) < 4.78 is 13.3. The van der Waals surface area contributed by atoms with E-state index in [1.54, 1.807) is 0 Å². The van der Waals surface area contributed by atoms with E-state index >= 15 is 0 Å². The third kappa shape index (κ3) is 3.74. The van der Waals surface area contributed by atoms with E-state index in [0.29, 0.717) is 6.61 Å². The van der Waals surface area contributed by atoms with Crippen molar-refractivity contribution in [3.05, 3.63) is 71.5 Å². The summed E-state index contributed by atoms with van der Waals surface area (Å²) in [5.41, 5.74) is 2.97. The van der Waals surface area contributed by atoms with Crippen LogP contribution in [0.1, 0.15) is 30.4 Å². The molecule has 0 radical (unpaired) electrons. The summed E-state index contributed by atoms with van der Waals surface area (Å²) in [6.45, 7) is 2.68. The SMILES string of the molecule is Fc1ccc(C(=NOCc2ccccc2)C2CC3CCN2CC3)cc1. The minimum Gasteiger partial charge on any atom is -0.391 e. The number of oxime groups is 1. The first-order chi connectivity index (χ1) is 12.3. The van der Waals surface area contributed by atoms with Crippen LogP contribution in [-0.4, -0.2) is 29.7 Å². The van der Waals surface area contributed by atoms with E-state index in [1.807, 2.05) is 42.5 Å². The third-order valence-corrected chi connectivity index (χ3v) is 5.34. The molecule has 3 aliphatic rings. The average Bonchev–Trinajstić information content (AvgIpc) is 2.68. The van der Waals surface area contributed by atoms with E-state index in [1.165, 1.54) is 25.0 Å². The lowest BCUT2D eigenvalue weighted by Crippen LogP contribution is -2.52. The van der Waals surface area contributed by atoms with Crippen LogP contribution >= 0.6 is 0 Å². The number of piperidine rings is 3. The van der Waals surface area contributed by atoms with Crippen LogP contribution in [0, 0.1) is 11.7 Å². The predicted octanol–water partition coefficient (Wildman–Crippen LogP) is 4.23. The second-order valence-corrected chi connectivity index (χ2v) is 6.97. The zero-order valence-electron chi connectivity index (χ0n) is 14.3. The Labute approximate surface area is 148 Å². The zero-order chi connectivity index (χ0) is 17.1. The van der Waals surface area contributed by atoms with Crippen LogP contribution in [0.25, 0.3) is 0 Å². The number of nitrogens with zero attached hydrogens (tertiary/aromatic N) is 2. The normalized spacial score (nSPS) is 25.8. The summed E-state index contributed by atoms with van der Waals surface area (Å²) in [7, 11) is 0. The van der Waals surface area contributed by atoms with Gasteiger partial charge in [0.05, 0.1) is 6.04 Å². The number of benzene rings is 2. The van der Waals surface area contributed by atoms with Gasteiger partial charge in [-0.25, -0.2) is 4.39 Å². The topological polar surface area (TPSA) is 24.8 Å². The molecule has 3 heterocycles. The zero-order valence-corrected chi connectivity index (χ0v) is 14.3. The third-order valence-electron chi connectivity index (χ3n) is 5.34. The van der Waals surface area contributed by atoms with Crippen molar-refractivity contribution < 1.29 is 9.23 Å². The number of hydrogen-bond acceptors (Lipinski definition) is 3. The Morgan fingerprint density at radius 2 is 1.76 bits per heavy atom. The molecule has 0 aliphatic carbocycles. The van der Waals surface area contributed by atoms with Crippen LogP contribution in [0.5, 0.6) is 0 Å². The standard InChI is InChI=1S/C21H23FN2O/c22-19-8-6-18(7-9-19)21(20-14-16-10-12-24(20)13-11-16)23-25-15-17-4-2-1-3-5-17/h1-9,16,20H,10-15H2. The molecule has 2 aromatic rings. The molecule has 0 amide bonds. The Morgan fingerprint density at radius 1 is 1.04 bits per heavy atom. The van der Waals surface area contributed by atoms with Crippen molar-refractivity contribution in [2.75, 3.05) is 13.1 Å². The first kappa shape index (κ1) is 16.3. The molecule has 2 aromatic carbocycles. The molecule has 3 saturated heterocycles. The van der Waals surface area contributed by atoms with Crippen molar-refractivity contribution in [1.29, 1.82) is 0 Å². The molecule has 0 N–H and O–H groups in total. The van der Waals surface area contributed by atoms with Gasteiger partial charge < -0.3 is 4.84 Å². The second-order valence-electron chi connectivity index (χ2n) is 6.97. The van der Waals surface area contributed by atoms with Gasteiger partial charge in [0.2, 0.25) is 0 Å². The number of rotatable bonds is 5. The fraction of sp³-hybridized carbons (Fsp3) is 0.381. The fourth-order valence-corrected chi connectivity index (χ4v) is 3.93. The Balaban J connectivity index is 1.57. The molecule has 3 nitrogen and oxygen atoms in total. The van der Waals surface area contributed by atoms with Crippen LogP contribution in [-0.2, 0) is 11.4 Å². The van der Waals surface area contributed by atoms with E-state index in [2.05, 4.69) is 10.1 Å². The summed E-state index contributed by atoms with van der Waals surface area (Å²) in [6.07, 6.45) is 3.67. The lowest BCUT2D eigenvalue weighted by molar-refractivity contribution is 0.0762. The molecule has 3 aliphatic heterocycles. The molecule has 0 saturated carbocycles. The molecule has 0 spiro atoms. The van der Waals surface area contributed by atoms with Gasteiger partial charge in [-0.05, 0) is 56.0 Å². The monoisotopic (exact) mass is 338 g/mol. The van der Waals surface area contributed by atoms with Gasteiger partial charge in [-0.2, -0.15) is 0 Å². The maximum absolute atomic E-state index is 13.3. The van der Waals surface area contributed by atoms with Crippen molar-refractivity contribution >= 4 is 5.71 Å². The molecule has 5 rings (SSSR count). The van der Waals surface area contributed by atoms with Crippen LogP contribution in [0.2, 0.25) is 0 Å². The molecule has 130 valence electrons. The summed E-state index contributed by atoms with van der Waals surface area (Å²) in [5.74, 6) is 0.550. The minimum absolute atomic E-state index is 0.223. The van der Waals surface area contributed by atoms with Crippen molar-refractivity contribution in [2.45, 2.75) is 31.9 Å². The van der Waals surface area contributed by atoms with E-state index < -0.39 is 0 Å². The molecular formula is C21H23FN2O. The lowest BCUT2D eigenvalue weighted by Gasteiger charge is -2.45. The highest BCUT2D eigenvalue weighted by Crippen LogP contribution is 2.33. The number of halogens is 1. The van der Waals surface area contributed by atoms with E-state index in [0.717, 1.165) is 42.3 Å². The second kappa shape index (κ2) is 7.36. The van der Waals surface area contributed by atoms with Crippen molar-refractivity contribution in [3.8, 4) is 0 Å². The quantitative estimate of drug-likeness (QED) is 0.602. The van der Waals surface area contributed by atoms with Crippen LogP contribution in [0.4, 0.5) is 4.39 Å². The highest BCUT2D eigenvalue weighted by atomic mass is 19.1. The molecule has 3 fully saturated rings. The Hall–Kier alpha value is -2.20. The van der Waals surface area contributed by atoms with Gasteiger partial charge >= 0.3 is 0 Å². The largest absolute Gasteiger partial charge is 0.391 e. The van der Waals surface area contributed by atoms with Crippen molar-refractivity contribution in [3.63, 3.8) is 0 Å². The summed E-state index contributed by atoms with van der Waals surface area (Å²) in [5, 5.41) is 4.51. The van der Waals surface area contributed by atoms with Gasteiger partial charge in [0.25, 0.3) is 0 Å². The van der Waals surface area contributed by atoms with Crippen LogP contribution < -0.4 is 0 Å². The van der Waals surface area contributed by atoms with Gasteiger partial charge in [-0.3, -0.25) is 4.90 Å². The Bertz CT molecular complexity index is 721. The summed E-state index contributed by atoms with van der Waals surface area (Å²) >= 11 is 0. The highest BCUT2D eigenvalue weighted by molar-refractivity contribution is 6.04. The van der Waals surface area contributed by atoms with Crippen LogP contribution in [0.3, 0.4) is 0 Å². The maximum atomic E-state index is 13.3. The minimum atomic E-state index is -0.223. The molecule has 25 heavy (non-hydrogen) atoms. The molecule has 1 atom stereocenters. The fourth-order valence-electron chi connectivity index (χ4n) is 3.93. The first-order valence-corrected chi connectivity index (χ1v) is 9.03. The molecule has 2 bridgehead atoms. The van der Waals surface area contributed by atoms with Gasteiger partial charge in [0.15, 0.2) is 0 Å². The Morgan fingerprint density at radius 3 is 2.40 bits per heavy atom. The lowest BCUT2D eigenvalue weighted by atomic mass is 9.80. The first-order valence-electron chi connectivity index (χ1n) is 9.03. The maximum Gasteiger partial charge on any atom is 0.142 e. The average molecular weight is 338 g/mol. The highest BCUT2D eigenvalue weighted by Gasteiger charge is 2.37. The van der Waals surface area contributed by atoms with Crippen molar-refractivity contribution in [2.24, 2.45) is 11.1 Å². The van der Waals surface area contributed by atoms with Gasteiger partial charge in [0, 0.05) is 5.56 Å². The van der Waals surface area contributed by atoms with E-state index in [4.69, 9.17) is 4.84 Å². The van der Waals surface area contributed by atoms with E-state index in [9.17, 15) is 4.39 Å². The molecule has 0 aromatic heterocycles. The summed E-state index contributed by atoms with van der Waals surface area (Å²) in [6, 6.07) is 16.9. The smallest absolute Gasteiger partial charge is 0.142 e. The van der Waals surface area contributed by atoms with Gasteiger partial charge in [-0.15, -0.1) is 0 Å². The van der Waals surface area contributed by atoms with Gasteiger partial charge in [0.1, 0.15) is 18.1 Å². The number of fused-ring (bicyclic) bond motifs is 3. The summed E-state index contributed by atoms with van der Waals surface area (Å²) in [4.78, 5) is 8.19. The molecule has 1 unspecified atom stereocenters.